The average molecular weight is 373 g/mol. The highest BCUT2D eigenvalue weighted by atomic mass is 32.1. The molecule has 5 rings (SSSR count). The van der Waals surface area contributed by atoms with Gasteiger partial charge in [-0.3, -0.25) is 9.78 Å². The number of rotatable bonds is 2. The van der Waals surface area contributed by atoms with Crippen molar-refractivity contribution in [3.63, 3.8) is 0 Å². The SMILES string of the molecule is O=C(c1cccc2cccnc12)N1CCC[C@H](c2nc3ccccc3s2)C1. The molecule has 1 aliphatic heterocycles. The highest BCUT2D eigenvalue weighted by molar-refractivity contribution is 7.18. The predicted octanol–water partition coefficient (Wildman–Crippen LogP) is 4.86. The fraction of sp³-hybridized carbons (Fsp3) is 0.227. The zero-order valence-electron chi connectivity index (χ0n) is 14.8. The lowest BCUT2D eigenvalue weighted by atomic mass is 9.97. The maximum atomic E-state index is 13.2. The van der Waals surface area contributed by atoms with E-state index in [0.717, 1.165) is 47.4 Å². The quantitative estimate of drug-likeness (QED) is 0.504. The predicted molar refractivity (Wildman–Crippen MR) is 109 cm³/mol. The molecule has 4 aromatic rings. The summed E-state index contributed by atoms with van der Waals surface area (Å²) in [6, 6.07) is 18.0. The van der Waals surface area contributed by atoms with Crippen molar-refractivity contribution in [2.45, 2.75) is 18.8 Å². The summed E-state index contributed by atoms with van der Waals surface area (Å²) >= 11 is 1.75. The largest absolute Gasteiger partial charge is 0.338 e. The Morgan fingerprint density at radius 1 is 1.07 bits per heavy atom. The summed E-state index contributed by atoms with van der Waals surface area (Å²) in [6.07, 6.45) is 3.83. The Morgan fingerprint density at radius 2 is 1.96 bits per heavy atom. The zero-order valence-corrected chi connectivity index (χ0v) is 15.7. The number of likely N-dealkylation sites (tertiary alicyclic amines) is 1. The topological polar surface area (TPSA) is 46.1 Å². The van der Waals surface area contributed by atoms with Gasteiger partial charge >= 0.3 is 0 Å². The average Bonchev–Trinajstić information content (AvgIpc) is 3.17. The van der Waals surface area contributed by atoms with Gasteiger partial charge in [0.05, 0.1) is 26.3 Å². The van der Waals surface area contributed by atoms with Gasteiger partial charge in [-0.25, -0.2) is 4.98 Å². The van der Waals surface area contributed by atoms with Gasteiger partial charge in [-0.05, 0) is 37.1 Å². The minimum absolute atomic E-state index is 0.0742. The Labute approximate surface area is 161 Å². The molecule has 0 spiro atoms. The molecule has 0 bridgehead atoms. The first-order valence-corrected chi connectivity index (χ1v) is 10.1. The van der Waals surface area contributed by atoms with Crippen LogP contribution in [0.15, 0.2) is 60.8 Å². The molecular formula is C22H19N3OS. The molecule has 0 saturated carbocycles. The van der Waals surface area contributed by atoms with Crippen LogP contribution >= 0.6 is 11.3 Å². The minimum atomic E-state index is 0.0742. The van der Waals surface area contributed by atoms with Gasteiger partial charge in [-0.15, -0.1) is 11.3 Å². The third kappa shape index (κ3) is 2.98. The van der Waals surface area contributed by atoms with Crippen molar-refractivity contribution < 1.29 is 4.79 Å². The lowest BCUT2D eigenvalue weighted by Crippen LogP contribution is -2.39. The van der Waals surface area contributed by atoms with E-state index in [9.17, 15) is 4.79 Å². The third-order valence-electron chi connectivity index (χ3n) is 5.23. The number of aromatic nitrogens is 2. The lowest BCUT2D eigenvalue weighted by Gasteiger charge is -2.32. The maximum absolute atomic E-state index is 13.2. The van der Waals surface area contributed by atoms with E-state index in [2.05, 4.69) is 23.2 Å². The van der Waals surface area contributed by atoms with Gasteiger partial charge in [0.25, 0.3) is 5.91 Å². The van der Waals surface area contributed by atoms with Gasteiger partial charge in [0.15, 0.2) is 0 Å². The molecule has 1 saturated heterocycles. The van der Waals surface area contributed by atoms with Crippen molar-refractivity contribution in [1.82, 2.24) is 14.9 Å². The monoisotopic (exact) mass is 373 g/mol. The molecule has 0 N–H and O–H groups in total. The smallest absolute Gasteiger partial charge is 0.256 e. The summed E-state index contributed by atoms with van der Waals surface area (Å²) in [4.78, 5) is 24.5. The van der Waals surface area contributed by atoms with E-state index in [1.807, 2.05) is 41.3 Å². The van der Waals surface area contributed by atoms with E-state index in [4.69, 9.17) is 4.98 Å². The first-order chi connectivity index (χ1) is 13.3. The Morgan fingerprint density at radius 3 is 2.89 bits per heavy atom. The maximum Gasteiger partial charge on any atom is 0.256 e. The molecule has 1 aliphatic rings. The second-order valence-corrected chi connectivity index (χ2v) is 8.05. The van der Waals surface area contributed by atoms with E-state index in [0.29, 0.717) is 11.5 Å². The zero-order chi connectivity index (χ0) is 18.2. The van der Waals surface area contributed by atoms with Crippen LogP contribution in [-0.2, 0) is 0 Å². The fourth-order valence-corrected chi connectivity index (χ4v) is 4.97. The Bertz CT molecular complexity index is 1100. The van der Waals surface area contributed by atoms with E-state index >= 15 is 0 Å². The van der Waals surface area contributed by atoms with Gasteiger partial charge in [0.2, 0.25) is 0 Å². The number of carbonyl (C=O) groups excluding carboxylic acids is 1. The van der Waals surface area contributed by atoms with E-state index in [1.165, 1.54) is 4.70 Å². The van der Waals surface area contributed by atoms with Gasteiger partial charge in [0, 0.05) is 30.6 Å². The van der Waals surface area contributed by atoms with Crippen molar-refractivity contribution in [1.29, 1.82) is 0 Å². The highest BCUT2D eigenvalue weighted by Gasteiger charge is 2.28. The van der Waals surface area contributed by atoms with Crippen LogP contribution < -0.4 is 0 Å². The first kappa shape index (κ1) is 16.4. The molecule has 3 heterocycles. The van der Waals surface area contributed by atoms with Crippen molar-refractivity contribution in [2.75, 3.05) is 13.1 Å². The molecule has 0 radical (unpaired) electrons. The number of piperidine rings is 1. The molecule has 2 aromatic heterocycles. The minimum Gasteiger partial charge on any atom is -0.338 e. The van der Waals surface area contributed by atoms with Crippen LogP contribution in [-0.4, -0.2) is 33.9 Å². The summed E-state index contributed by atoms with van der Waals surface area (Å²) in [7, 11) is 0. The fourth-order valence-electron chi connectivity index (χ4n) is 3.87. The number of carbonyl (C=O) groups is 1. The van der Waals surface area contributed by atoms with E-state index < -0.39 is 0 Å². The van der Waals surface area contributed by atoms with Crippen LogP contribution in [0.5, 0.6) is 0 Å². The van der Waals surface area contributed by atoms with Crippen molar-refractivity contribution in [3.8, 4) is 0 Å². The molecule has 27 heavy (non-hydrogen) atoms. The van der Waals surface area contributed by atoms with Crippen molar-refractivity contribution >= 4 is 38.4 Å². The number of hydrogen-bond acceptors (Lipinski definition) is 4. The summed E-state index contributed by atoms with van der Waals surface area (Å²) in [5.74, 6) is 0.383. The Kier molecular flexibility index (Phi) is 4.09. The number of pyridine rings is 1. The number of para-hydroxylation sites is 2. The number of benzene rings is 2. The Hall–Kier alpha value is -2.79. The molecule has 1 fully saturated rings. The number of amides is 1. The molecule has 1 amide bonds. The van der Waals surface area contributed by atoms with Gasteiger partial charge in [-0.1, -0.05) is 30.3 Å². The summed E-state index contributed by atoms with van der Waals surface area (Å²) in [5, 5.41) is 2.15. The molecule has 0 unspecified atom stereocenters. The Balaban J connectivity index is 1.44. The molecule has 2 aromatic carbocycles. The van der Waals surface area contributed by atoms with Crippen LogP contribution in [0, 0.1) is 0 Å². The molecular weight excluding hydrogens is 354 g/mol. The van der Waals surface area contributed by atoms with E-state index in [1.54, 1.807) is 17.5 Å². The summed E-state index contributed by atoms with van der Waals surface area (Å²) < 4.78 is 1.22. The van der Waals surface area contributed by atoms with Crippen LogP contribution in [0.25, 0.3) is 21.1 Å². The molecule has 5 heteroatoms. The first-order valence-electron chi connectivity index (χ1n) is 9.28. The highest BCUT2D eigenvalue weighted by Crippen LogP contribution is 2.33. The molecule has 134 valence electrons. The molecule has 0 aliphatic carbocycles. The van der Waals surface area contributed by atoms with Crippen molar-refractivity contribution in [3.05, 3.63) is 71.4 Å². The normalized spacial score (nSPS) is 17.5. The van der Waals surface area contributed by atoms with Gasteiger partial charge in [-0.2, -0.15) is 0 Å². The van der Waals surface area contributed by atoms with E-state index in [-0.39, 0.29) is 5.91 Å². The second-order valence-electron chi connectivity index (χ2n) is 6.99. The standard InChI is InChI=1S/C22H19N3OS/c26-22(17-9-3-6-15-7-4-12-23-20(15)17)25-13-5-8-16(14-25)21-24-18-10-1-2-11-19(18)27-21/h1-4,6-7,9-12,16H,5,8,13-14H2/t16-/m0/s1. The third-order valence-corrected chi connectivity index (χ3v) is 6.43. The van der Waals surface area contributed by atoms with Gasteiger partial charge < -0.3 is 4.90 Å². The number of fused-ring (bicyclic) bond motifs is 2. The van der Waals surface area contributed by atoms with Crippen molar-refractivity contribution in [2.24, 2.45) is 0 Å². The molecule has 4 nitrogen and oxygen atoms in total. The van der Waals surface area contributed by atoms with Crippen LogP contribution in [0.3, 0.4) is 0 Å². The lowest BCUT2D eigenvalue weighted by molar-refractivity contribution is 0.0709. The van der Waals surface area contributed by atoms with Crippen LogP contribution in [0.2, 0.25) is 0 Å². The molecule has 1 atom stereocenters. The summed E-state index contributed by atoms with van der Waals surface area (Å²) in [5.41, 5.74) is 2.53. The summed E-state index contributed by atoms with van der Waals surface area (Å²) in [6.45, 7) is 1.52. The van der Waals surface area contributed by atoms with Crippen LogP contribution in [0.4, 0.5) is 0 Å². The van der Waals surface area contributed by atoms with Crippen LogP contribution in [0.1, 0.15) is 34.1 Å². The second kappa shape index (κ2) is 6.74. The van der Waals surface area contributed by atoms with Gasteiger partial charge in [0.1, 0.15) is 0 Å². The number of nitrogens with zero attached hydrogens (tertiary/aromatic N) is 3. The number of hydrogen-bond donors (Lipinski definition) is 0. The number of thiazole rings is 1.